The lowest BCUT2D eigenvalue weighted by atomic mass is 9.90. The molecule has 0 bridgehead atoms. The molecular weight excluding hydrogens is 268 g/mol. The second-order valence-corrected chi connectivity index (χ2v) is 5.16. The van der Waals surface area contributed by atoms with Crippen molar-refractivity contribution in [3.05, 3.63) is 29.0 Å². The minimum atomic E-state index is -0.956. The molecule has 1 aliphatic rings. The molecule has 102 valence electrons. The van der Waals surface area contributed by atoms with Gasteiger partial charge in [-0.3, -0.25) is 4.79 Å². The Balaban J connectivity index is 2.25. The Morgan fingerprint density at radius 3 is 2.79 bits per heavy atom. The molecule has 1 aromatic heterocycles. The number of nitrogens with zero attached hydrogens (tertiary/aromatic N) is 2. The lowest BCUT2D eigenvalue weighted by molar-refractivity contribution is -0.145. The summed E-state index contributed by atoms with van der Waals surface area (Å²) in [6.07, 6.45) is 3.01. The Morgan fingerprint density at radius 1 is 1.47 bits per heavy atom. The molecule has 0 radical (unpaired) electrons. The van der Waals surface area contributed by atoms with Crippen LogP contribution in [0, 0.1) is 5.92 Å². The predicted molar refractivity (Wildman–Crippen MR) is 70.1 cm³/mol. The first-order chi connectivity index (χ1) is 9.00. The van der Waals surface area contributed by atoms with E-state index in [0.717, 1.165) is 12.8 Å². The highest BCUT2D eigenvalue weighted by molar-refractivity contribution is 6.29. The van der Waals surface area contributed by atoms with E-state index < -0.39 is 12.0 Å². The summed E-state index contributed by atoms with van der Waals surface area (Å²) in [6, 6.07) is 2.32. The van der Waals surface area contributed by atoms with Gasteiger partial charge in [0.05, 0.1) is 5.56 Å². The van der Waals surface area contributed by atoms with Crippen LogP contribution in [-0.4, -0.2) is 39.5 Å². The van der Waals surface area contributed by atoms with E-state index in [1.54, 1.807) is 6.07 Å². The van der Waals surface area contributed by atoms with Gasteiger partial charge >= 0.3 is 5.97 Å². The van der Waals surface area contributed by atoms with Gasteiger partial charge in [-0.1, -0.05) is 18.5 Å². The summed E-state index contributed by atoms with van der Waals surface area (Å²) < 4.78 is 0. The maximum absolute atomic E-state index is 12.4. The number of hydrogen-bond donors (Lipinski definition) is 1. The van der Waals surface area contributed by atoms with Crippen molar-refractivity contribution < 1.29 is 14.7 Å². The van der Waals surface area contributed by atoms with Crippen LogP contribution < -0.4 is 0 Å². The Morgan fingerprint density at radius 2 is 2.21 bits per heavy atom. The Labute approximate surface area is 116 Å². The van der Waals surface area contributed by atoms with Crippen LogP contribution in [0.2, 0.25) is 5.15 Å². The molecule has 0 saturated carbocycles. The number of likely N-dealkylation sites (tertiary alicyclic amines) is 1. The summed E-state index contributed by atoms with van der Waals surface area (Å²) in [4.78, 5) is 29.0. The third kappa shape index (κ3) is 2.87. The minimum absolute atomic E-state index is 0.0459. The molecule has 2 atom stereocenters. The zero-order chi connectivity index (χ0) is 14.0. The molecule has 0 aliphatic carbocycles. The summed E-state index contributed by atoms with van der Waals surface area (Å²) >= 11 is 5.67. The highest BCUT2D eigenvalue weighted by atomic mass is 35.5. The molecule has 2 rings (SSSR count). The van der Waals surface area contributed by atoms with E-state index in [-0.39, 0.29) is 11.8 Å². The van der Waals surface area contributed by atoms with Crippen LogP contribution in [-0.2, 0) is 4.79 Å². The topological polar surface area (TPSA) is 70.5 Å². The van der Waals surface area contributed by atoms with Gasteiger partial charge in [0, 0.05) is 12.7 Å². The van der Waals surface area contributed by atoms with Crippen LogP contribution in [0.3, 0.4) is 0 Å². The van der Waals surface area contributed by atoms with E-state index in [2.05, 4.69) is 4.98 Å². The number of aliphatic carboxylic acids is 1. The van der Waals surface area contributed by atoms with Crippen LogP contribution in [0.15, 0.2) is 18.3 Å². The van der Waals surface area contributed by atoms with Crippen LogP contribution in [0.25, 0.3) is 0 Å². The molecule has 1 aliphatic heterocycles. The molecule has 6 heteroatoms. The molecule has 0 spiro atoms. The fourth-order valence-electron chi connectivity index (χ4n) is 2.46. The minimum Gasteiger partial charge on any atom is -0.480 e. The Kier molecular flexibility index (Phi) is 4.04. The number of rotatable bonds is 2. The van der Waals surface area contributed by atoms with E-state index in [1.165, 1.54) is 17.2 Å². The number of piperidine rings is 1. The summed E-state index contributed by atoms with van der Waals surface area (Å²) in [5, 5.41) is 9.59. The average molecular weight is 283 g/mol. The number of carbonyl (C=O) groups excluding carboxylic acids is 1. The highest BCUT2D eigenvalue weighted by Gasteiger charge is 2.37. The van der Waals surface area contributed by atoms with Gasteiger partial charge in [-0.25, -0.2) is 9.78 Å². The Bertz CT molecular complexity index is 489. The zero-order valence-electron chi connectivity index (χ0n) is 10.5. The van der Waals surface area contributed by atoms with E-state index in [0.29, 0.717) is 17.3 Å². The van der Waals surface area contributed by atoms with Crippen LogP contribution in [0.4, 0.5) is 0 Å². The molecule has 19 heavy (non-hydrogen) atoms. The molecular formula is C13H15ClN2O3. The van der Waals surface area contributed by atoms with Gasteiger partial charge in [0.15, 0.2) is 0 Å². The van der Waals surface area contributed by atoms with Crippen molar-refractivity contribution in [2.24, 2.45) is 5.92 Å². The first-order valence-electron chi connectivity index (χ1n) is 6.16. The molecule has 1 saturated heterocycles. The monoisotopic (exact) mass is 282 g/mol. The third-order valence-electron chi connectivity index (χ3n) is 3.42. The standard InChI is InChI=1S/C13H15ClN2O3/c1-8-3-2-6-16(11(8)13(18)19)12(17)9-4-5-10(14)15-7-9/h4-5,7-8,11H,2-3,6H2,1H3,(H,18,19). The maximum atomic E-state index is 12.4. The van der Waals surface area contributed by atoms with Crippen LogP contribution in [0.5, 0.6) is 0 Å². The predicted octanol–water partition coefficient (Wildman–Crippen LogP) is 2.06. The molecule has 1 N–H and O–H groups in total. The van der Waals surface area contributed by atoms with E-state index >= 15 is 0 Å². The molecule has 5 nitrogen and oxygen atoms in total. The second-order valence-electron chi connectivity index (χ2n) is 4.77. The smallest absolute Gasteiger partial charge is 0.326 e. The van der Waals surface area contributed by atoms with E-state index in [4.69, 9.17) is 11.6 Å². The van der Waals surface area contributed by atoms with Crippen molar-refractivity contribution >= 4 is 23.5 Å². The number of aromatic nitrogens is 1. The summed E-state index contributed by atoms with van der Waals surface area (Å²) in [6.45, 7) is 2.32. The number of carboxylic acids is 1. The third-order valence-corrected chi connectivity index (χ3v) is 3.65. The fraction of sp³-hybridized carbons (Fsp3) is 0.462. The molecule has 1 aromatic rings. The first-order valence-corrected chi connectivity index (χ1v) is 6.54. The van der Waals surface area contributed by atoms with Crippen molar-refractivity contribution in [2.75, 3.05) is 6.54 Å². The number of pyridine rings is 1. The van der Waals surface area contributed by atoms with Gasteiger partial charge in [0.25, 0.3) is 5.91 Å². The average Bonchev–Trinajstić information content (AvgIpc) is 2.38. The van der Waals surface area contributed by atoms with E-state index in [9.17, 15) is 14.7 Å². The highest BCUT2D eigenvalue weighted by Crippen LogP contribution is 2.25. The van der Waals surface area contributed by atoms with Gasteiger partial charge in [-0.2, -0.15) is 0 Å². The fourth-order valence-corrected chi connectivity index (χ4v) is 2.57. The number of hydrogen-bond acceptors (Lipinski definition) is 3. The maximum Gasteiger partial charge on any atom is 0.326 e. The van der Waals surface area contributed by atoms with Gasteiger partial charge < -0.3 is 10.0 Å². The van der Waals surface area contributed by atoms with Gasteiger partial charge in [0.2, 0.25) is 0 Å². The lowest BCUT2D eigenvalue weighted by Crippen LogP contribution is -2.51. The number of halogens is 1. The number of amides is 1. The van der Waals surface area contributed by atoms with Crippen molar-refractivity contribution in [2.45, 2.75) is 25.8 Å². The van der Waals surface area contributed by atoms with Crippen LogP contribution >= 0.6 is 11.6 Å². The molecule has 0 aromatic carbocycles. The Hall–Kier alpha value is -1.62. The molecule has 1 fully saturated rings. The molecule has 2 unspecified atom stereocenters. The van der Waals surface area contributed by atoms with Gasteiger partial charge in [-0.05, 0) is 30.9 Å². The summed E-state index contributed by atoms with van der Waals surface area (Å²) in [7, 11) is 0. The zero-order valence-corrected chi connectivity index (χ0v) is 11.3. The summed E-state index contributed by atoms with van der Waals surface area (Å²) in [5.74, 6) is -1.30. The van der Waals surface area contributed by atoms with Gasteiger partial charge in [-0.15, -0.1) is 0 Å². The quantitative estimate of drug-likeness (QED) is 0.843. The van der Waals surface area contributed by atoms with Crippen molar-refractivity contribution in [1.82, 2.24) is 9.88 Å². The molecule has 1 amide bonds. The second kappa shape index (κ2) is 5.57. The first kappa shape index (κ1) is 13.8. The SMILES string of the molecule is CC1CCCN(C(=O)c2ccc(Cl)nc2)C1C(=O)O. The number of carboxylic acid groups (broad SMARTS) is 1. The summed E-state index contributed by atoms with van der Waals surface area (Å²) in [5.41, 5.74) is 0.366. The van der Waals surface area contributed by atoms with E-state index in [1.807, 2.05) is 6.92 Å². The number of carbonyl (C=O) groups is 2. The van der Waals surface area contributed by atoms with Crippen molar-refractivity contribution in [3.63, 3.8) is 0 Å². The van der Waals surface area contributed by atoms with Crippen molar-refractivity contribution in [1.29, 1.82) is 0 Å². The van der Waals surface area contributed by atoms with Gasteiger partial charge in [0.1, 0.15) is 11.2 Å². The normalized spacial score (nSPS) is 23.2. The largest absolute Gasteiger partial charge is 0.480 e. The van der Waals surface area contributed by atoms with Crippen molar-refractivity contribution in [3.8, 4) is 0 Å². The lowest BCUT2D eigenvalue weighted by Gasteiger charge is -2.37. The molecule has 2 heterocycles. The van der Waals surface area contributed by atoms with Crippen LogP contribution in [0.1, 0.15) is 30.1 Å².